The Hall–Kier alpha value is -0.570. The van der Waals surface area contributed by atoms with Gasteiger partial charge < -0.3 is 4.52 Å². The van der Waals surface area contributed by atoms with Crippen molar-refractivity contribution in [3.05, 3.63) is 12.2 Å². The first kappa shape index (κ1) is 7.43. The summed E-state index contributed by atoms with van der Waals surface area (Å²) in [7, 11) is 0. The molecule has 3 nitrogen and oxygen atoms in total. The van der Waals surface area contributed by atoms with Crippen LogP contribution in [0.1, 0.15) is 12.7 Å². The maximum atomic E-state index is 4.44. The van der Waals surface area contributed by atoms with Gasteiger partial charge in [0, 0.05) is 6.42 Å². The Balaban J connectivity index is 0.000000490. The number of rotatable bonds is 1. The maximum absolute atomic E-state index is 4.44. The van der Waals surface area contributed by atoms with Crippen molar-refractivity contribution in [2.75, 3.05) is 0 Å². The summed E-state index contributed by atoms with van der Waals surface area (Å²) in [5, 5.41) is 3.55. The van der Waals surface area contributed by atoms with Crippen molar-refractivity contribution in [1.82, 2.24) is 10.1 Å². The zero-order valence-corrected chi connectivity index (χ0v) is 5.31. The van der Waals surface area contributed by atoms with Crippen molar-refractivity contribution in [3.8, 4) is 0 Å². The molecule has 46 valence electrons. The molecule has 1 aromatic rings. The lowest BCUT2D eigenvalue weighted by Crippen LogP contribution is -1.78. The van der Waals surface area contributed by atoms with Crippen molar-refractivity contribution in [2.45, 2.75) is 13.3 Å². The molecular weight excluding hydrogens is 128 g/mol. The number of hydrogen-bond donors (Lipinski definition) is 0. The van der Waals surface area contributed by atoms with Crippen LogP contribution >= 0.6 is 12.4 Å². The molecule has 4 heteroatoms. The van der Waals surface area contributed by atoms with Gasteiger partial charge in [-0.2, -0.15) is 4.98 Å². The summed E-state index contributed by atoms with van der Waals surface area (Å²) < 4.78 is 4.44. The van der Waals surface area contributed by atoms with E-state index in [2.05, 4.69) is 14.7 Å². The van der Waals surface area contributed by atoms with Gasteiger partial charge in [-0.1, -0.05) is 12.1 Å². The molecule has 0 aliphatic rings. The monoisotopic (exact) mass is 134 g/mol. The summed E-state index contributed by atoms with van der Waals surface area (Å²) in [5.41, 5.74) is 0. The summed E-state index contributed by atoms with van der Waals surface area (Å²) in [6, 6.07) is 0. The van der Waals surface area contributed by atoms with E-state index in [4.69, 9.17) is 0 Å². The zero-order valence-electron chi connectivity index (χ0n) is 4.50. The highest BCUT2D eigenvalue weighted by molar-refractivity contribution is 5.85. The van der Waals surface area contributed by atoms with Gasteiger partial charge in [0.2, 0.25) is 6.39 Å². The molecule has 0 N–H and O–H groups in total. The van der Waals surface area contributed by atoms with Gasteiger partial charge in [-0.25, -0.2) is 0 Å². The SMILES string of the molecule is CCc1ncon1.Cl. The Kier molecular flexibility index (Phi) is 3.19. The normalized spacial score (nSPS) is 8.12. The maximum Gasteiger partial charge on any atom is 0.213 e. The minimum atomic E-state index is 0. The first-order chi connectivity index (χ1) is 3.43. The van der Waals surface area contributed by atoms with E-state index < -0.39 is 0 Å². The van der Waals surface area contributed by atoms with Crippen LogP contribution < -0.4 is 0 Å². The molecule has 0 amide bonds. The zero-order chi connectivity index (χ0) is 5.11. The Morgan fingerprint density at radius 3 is 2.75 bits per heavy atom. The lowest BCUT2D eigenvalue weighted by molar-refractivity contribution is 0.410. The molecule has 1 heterocycles. The van der Waals surface area contributed by atoms with Gasteiger partial charge >= 0.3 is 0 Å². The van der Waals surface area contributed by atoms with E-state index in [1.165, 1.54) is 6.39 Å². The number of nitrogens with zero attached hydrogens (tertiary/aromatic N) is 2. The number of halogens is 1. The van der Waals surface area contributed by atoms with Crippen LogP contribution in [0.15, 0.2) is 10.9 Å². The van der Waals surface area contributed by atoms with Gasteiger partial charge in [-0.05, 0) is 0 Å². The van der Waals surface area contributed by atoms with Gasteiger partial charge in [0.05, 0.1) is 0 Å². The predicted molar refractivity (Wildman–Crippen MR) is 30.9 cm³/mol. The fraction of sp³-hybridized carbons (Fsp3) is 0.500. The topological polar surface area (TPSA) is 38.9 Å². The van der Waals surface area contributed by atoms with Crippen LogP contribution in [0.25, 0.3) is 0 Å². The molecule has 0 aromatic carbocycles. The Labute approximate surface area is 53.5 Å². The van der Waals surface area contributed by atoms with E-state index in [-0.39, 0.29) is 12.4 Å². The lowest BCUT2D eigenvalue weighted by atomic mass is 10.5. The van der Waals surface area contributed by atoms with Crippen LogP contribution in [0.3, 0.4) is 0 Å². The molecule has 0 atom stereocenters. The van der Waals surface area contributed by atoms with Gasteiger partial charge in [0.1, 0.15) is 0 Å². The average molecular weight is 135 g/mol. The number of hydrogen-bond acceptors (Lipinski definition) is 3. The molecule has 0 aliphatic carbocycles. The third-order valence-electron chi connectivity index (χ3n) is 0.723. The molecule has 0 unspecified atom stereocenters. The standard InChI is InChI=1S/C4H6N2O.ClH/c1-2-4-5-3-7-6-4;/h3H,2H2,1H3;1H. The van der Waals surface area contributed by atoms with Crippen molar-refractivity contribution < 1.29 is 4.52 Å². The smallest absolute Gasteiger partial charge is 0.213 e. The molecule has 0 aliphatic heterocycles. The minimum Gasteiger partial charge on any atom is -0.343 e. The second-order valence-corrected chi connectivity index (χ2v) is 1.20. The summed E-state index contributed by atoms with van der Waals surface area (Å²) in [5.74, 6) is 0.764. The van der Waals surface area contributed by atoms with Gasteiger partial charge in [-0.15, -0.1) is 12.4 Å². The van der Waals surface area contributed by atoms with Crippen LogP contribution in [0.4, 0.5) is 0 Å². The van der Waals surface area contributed by atoms with Gasteiger partial charge in [0.25, 0.3) is 0 Å². The third-order valence-corrected chi connectivity index (χ3v) is 0.723. The molecule has 0 radical (unpaired) electrons. The molecule has 8 heavy (non-hydrogen) atoms. The number of aromatic nitrogens is 2. The van der Waals surface area contributed by atoms with Crippen LogP contribution in [0.2, 0.25) is 0 Å². The van der Waals surface area contributed by atoms with Crippen LogP contribution in [0, 0.1) is 0 Å². The fourth-order valence-electron chi connectivity index (χ4n) is 0.348. The highest BCUT2D eigenvalue weighted by atomic mass is 35.5. The Morgan fingerprint density at radius 2 is 2.50 bits per heavy atom. The van der Waals surface area contributed by atoms with E-state index in [1.807, 2.05) is 6.92 Å². The first-order valence-electron chi connectivity index (χ1n) is 2.18. The first-order valence-corrected chi connectivity index (χ1v) is 2.18. The van der Waals surface area contributed by atoms with E-state index >= 15 is 0 Å². The summed E-state index contributed by atoms with van der Waals surface area (Å²) >= 11 is 0. The van der Waals surface area contributed by atoms with Crippen LogP contribution in [-0.2, 0) is 6.42 Å². The third kappa shape index (κ3) is 1.50. The summed E-state index contributed by atoms with van der Waals surface area (Å²) in [6.07, 6.45) is 2.18. The Morgan fingerprint density at radius 1 is 1.75 bits per heavy atom. The average Bonchev–Trinajstić information content (AvgIpc) is 2.14. The van der Waals surface area contributed by atoms with E-state index in [0.717, 1.165) is 12.2 Å². The van der Waals surface area contributed by atoms with E-state index in [0.29, 0.717) is 0 Å². The van der Waals surface area contributed by atoms with E-state index in [1.54, 1.807) is 0 Å². The van der Waals surface area contributed by atoms with Crippen molar-refractivity contribution >= 4 is 12.4 Å². The van der Waals surface area contributed by atoms with Crippen molar-refractivity contribution in [1.29, 1.82) is 0 Å². The van der Waals surface area contributed by atoms with Crippen LogP contribution in [0.5, 0.6) is 0 Å². The fourth-order valence-corrected chi connectivity index (χ4v) is 0.348. The highest BCUT2D eigenvalue weighted by Crippen LogP contribution is 1.85. The Bertz CT molecular complexity index is 129. The second-order valence-electron chi connectivity index (χ2n) is 1.20. The minimum absolute atomic E-state index is 0. The van der Waals surface area contributed by atoms with Crippen molar-refractivity contribution in [2.24, 2.45) is 0 Å². The number of aryl methyl sites for hydroxylation is 1. The quantitative estimate of drug-likeness (QED) is 0.577. The molecule has 1 aromatic heterocycles. The molecule has 1 rings (SSSR count). The van der Waals surface area contributed by atoms with Gasteiger partial charge in [0.15, 0.2) is 5.82 Å². The molecule has 0 spiro atoms. The summed E-state index contributed by atoms with van der Waals surface area (Å²) in [4.78, 5) is 3.76. The lowest BCUT2D eigenvalue weighted by Gasteiger charge is -1.72. The molecule has 0 saturated carbocycles. The van der Waals surface area contributed by atoms with E-state index in [9.17, 15) is 0 Å². The molecule has 0 fully saturated rings. The summed E-state index contributed by atoms with van der Waals surface area (Å²) in [6.45, 7) is 1.98. The predicted octanol–water partition coefficient (Wildman–Crippen LogP) is 1.05. The van der Waals surface area contributed by atoms with Gasteiger partial charge in [-0.3, -0.25) is 0 Å². The molecular formula is C4H7ClN2O. The second kappa shape index (κ2) is 3.43. The molecule has 0 bridgehead atoms. The highest BCUT2D eigenvalue weighted by Gasteiger charge is 1.88. The molecule has 0 saturated heterocycles. The van der Waals surface area contributed by atoms with Crippen molar-refractivity contribution in [3.63, 3.8) is 0 Å². The van der Waals surface area contributed by atoms with Crippen LogP contribution in [-0.4, -0.2) is 10.1 Å². The largest absolute Gasteiger partial charge is 0.343 e.